The molecule has 4 rings (SSSR count). The standard InChI is InChI=1S/C27H24N2O3S/c1-29(20-21-8-3-2-4-9-21)33(31,32)25-17-15-24(16-18-25)28-27(30)19-14-23-12-7-11-22-10-5-6-13-26(22)23/h2-19H,20H2,1H3,(H,28,30). The molecule has 0 saturated heterocycles. The van der Waals surface area contributed by atoms with Gasteiger partial charge in [-0.1, -0.05) is 72.8 Å². The molecule has 0 radical (unpaired) electrons. The van der Waals surface area contributed by atoms with Gasteiger partial charge in [-0.15, -0.1) is 0 Å². The largest absolute Gasteiger partial charge is 0.323 e. The number of fused-ring (bicyclic) bond motifs is 1. The van der Waals surface area contributed by atoms with E-state index in [9.17, 15) is 13.2 Å². The first-order valence-corrected chi connectivity index (χ1v) is 11.9. The lowest BCUT2D eigenvalue weighted by Crippen LogP contribution is -2.26. The van der Waals surface area contributed by atoms with Gasteiger partial charge in [0.2, 0.25) is 15.9 Å². The van der Waals surface area contributed by atoms with E-state index in [0.717, 1.165) is 21.9 Å². The molecule has 4 aromatic rings. The predicted molar refractivity (Wildman–Crippen MR) is 133 cm³/mol. The van der Waals surface area contributed by atoms with E-state index in [0.29, 0.717) is 5.69 Å². The van der Waals surface area contributed by atoms with Crippen molar-refractivity contribution >= 4 is 38.5 Å². The molecule has 0 aliphatic carbocycles. The first-order chi connectivity index (χ1) is 15.9. The van der Waals surface area contributed by atoms with Crippen LogP contribution in [0.15, 0.2) is 108 Å². The smallest absolute Gasteiger partial charge is 0.248 e. The monoisotopic (exact) mass is 456 g/mol. The van der Waals surface area contributed by atoms with Crippen molar-refractivity contribution in [1.82, 2.24) is 4.31 Å². The minimum atomic E-state index is -3.64. The first kappa shape index (κ1) is 22.5. The average molecular weight is 457 g/mol. The Hall–Kier alpha value is -3.74. The van der Waals surface area contributed by atoms with Gasteiger partial charge in [0.15, 0.2) is 0 Å². The molecular weight excluding hydrogens is 432 g/mol. The summed E-state index contributed by atoms with van der Waals surface area (Å²) in [5, 5.41) is 4.95. The van der Waals surface area contributed by atoms with Crippen LogP contribution < -0.4 is 5.32 Å². The summed E-state index contributed by atoms with van der Waals surface area (Å²) in [7, 11) is -2.09. The number of sulfonamides is 1. The van der Waals surface area contributed by atoms with Gasteiger partial charge in [0.05, 0.1) is 4.90 Å². The van der Waals surface area contributed by atoms with E-state index in [1.54, 1.807) is 25.3 Å². The maximum atomic E-state index is 12.9. The Kier molecular flexibility index (Phi) is 6.68. The molecule has 1 amide bonds. The summed E-state index contributed by atoms with van der Waals surface area (Å²) in [5.74, 6) is -0.292. The van der Waals surface area contributed by atoms with Crippen LogP contribution >= 0.6 is 0 Å². The van der Waals surface area contributed by atoms with Gasteiger partial charge < -0.3 is 5.32 Å². The lowest BCUT2D eigenvalue weighted by molar-refractivity contribution is -0.111. The molecule has 0 aliphatic rings. The highest BCUT2D eigenvalue weighted by atomic mass is 32.2. The molecule has 0 fully saturated rings. The van der Waals surface area contributed by atoms with Crippen LogP contribution in [0.3, 0.4) is 0 Å². The number of benzene rings is 4. The fourth-order valence-corrected chi connectivity index (χ4v) is 4.72. The molecule has 4 aromatic carbocycles. The summed E-state index contributed by atoms with van der Waals surface area (Å²) in [5.41, 5.74) is 2.38. The van der Waals surface area contributed by atoms with Gasteiger partial charge in [0, 0.05) is 25.4 Å². The van der Waals surface area contributed by atoms with E-state index in [2.05, 4.69) is 5.32 Å². The lowest BCUT2D eigenvalue weighted by atomic mass is 10.0. The molecule has 5 nitrogen and oxygen atoms in total. The number of amides is 1. The van der Waals surface area contributed by atoms with Crippen LogP contribution in [0.25, 0.3) is 16.8 Å². The highest BCUT2D eigenvalue weighted by molar-refractivity contribution is 7.89. The second kappa shape index (κ2) is 9.81. The molecule has 166 valence electrons. The van der Waals surface area contributed by atoms with Gasteiger partial charge in [0.1, 0.15) is 0 Å². The van der Waals surface area contributed by atoms with E-state index in [4.69, 9.17) is 0 Å². The summed E-state index contributed by atoms with van der Waals surface area (Å²) in [4.78, 5) is 12.6. The Morgan fingerprint density at radius 1 is 0.848 bits per heavy atom. The molecular formula is C27H24N2O3S. The molecule has 33 heavy (non-hydrogen) atoms. The molecule has 0 unspecified atom stereocenters. The first-order valence-electron chi connectivity index (χ1n) is 10.5. The Morgan fingerprint density at radius 2 is 1.52 bits per heavy atom. The SMILES string of the molecule is CN(Cc1ccccc1)S(=O)(=O)c1ccc(NC(=O)C=Cc2cccc3ccccc23)cc1. The van der Waals surface area contributed by atoms with E-state index >= 15 is 0 Å². The number of hydrogen-bond acceptors (Lipinski definition) is 3. The Bertz CT molecular complexity index is 1390. The van der Waals surface area contributed by atoms with Gasteiger partial charge >= 0.3 is 0 Å². The fraction of sp³-hybridized carbons (Fsp3) is 0.0741. The molecule has 1 N–H and O–H groups in total. The van der Waals surface area contributed by atoms with Crippen molar-refractivity contribution in [2.24, 2.45) is 0 Å². The third-order valence-corrected chi connectivity index (χ3v) is 7.13. The summed E-state index contributed by atoms with van der Waals surface area (Å²) in [6.45, 7) is 0.278. The van der Waals surface area contributed by atoms with Crippen LogP contribution in [0, 0.1) is 0 Å². The number of carbonyl (C=O) groups excluding carboxylic acids is 1. The highest BCUT2D eigenvalue weighted by Crippen LogP contribution is 2.21. The van der Waals surface area contributed by atoms with Crippen molar-refractivity contribution in [1.29, 1.82) is 0 Å². The quantitative estimate of drug-likeness (QED) is 0.383. The number of nitrogens with one attached hydrogen (secondary N) is 1. The minimum Gasteiger partial charge on any atom is -0.323 e. The number of nitrogens with zero attached hydrogens (tertiary/aromatic N) is 1. The van der Waals surface area contributed by atoms with Crippen LogP contribution in [0.2, 0.25) is 0 Å². The van der Waals surface area contributed by atoms with Gasteiger partial charge in [-0.2, -0.15) is 4.31 Å². The zero-order valence-electron chi connectivity index (χ0n) is 18.2. The van der Waals surface area contributed by atoms with Crippen LogP contribution in [-0.2, 0) is 21.4 Å². The van der Waals surface area contributed by atoms with Gasteiger partial charge in [0.25, 0.3) is 0 Å². The zero-order valence-corrected chi connectivity index (χ0v) is 19.0. The van der Waals surface area contributed by atoms with E-state index in [-0.39, 0.29) is 17.3 Å². The molecule has 6 heteroatoms. The van der Waals surface area contributed by atoms with E-state index < -0.39 is 10.0 Å². The van der Waals surface area contributed by atoms with Crippen molar-refractivity contribution in [3.8, 4) is 0 Å². The summed E-state index contributed by atoms with van der Waals surface area (Å²) in [6, 6.07) is 29.5. The molecule has 0 heterocycles. The van der Waals surface area contributed by atoms with Crippen molar-refractivity contribution in [2.75, 3.05) is 12.4 Å². The maximum absolute atomic E-state index is 12.9. The van der Waals surface area contributed by atoms with Crippen LogP contribution in [-0.4, -0.2) is 25.7 Å². The third-order valence-electron chi connectivity index (χ3n) is 5.32. The molecule has 0 saturated carbocycles. The maximum Gasteiger partial charge on any atom is 0.248 e. The highest BCUT2D eigenvalue weighted by Gasteiger charge is 2.20. The molecule has 0 aliphatic heterocycles. The van der Waals surface area contributed by atoms with Gasteiger partial charge in [-0.05, 0) is 52.2 Å². The predicted octanol–water partition coefficient (Wildman–Crippen LogP) is 5.31. The van der Waals surface area contributed by atoms with Crippen molar-refractivity contribution < 1.29 is 13.2 Å². The molecule has 0 spiro atoms. The summed E-state index contributed by atoms with van der Waals surface area (Å²) < 4.78 is 27.0. The number of anilines is 1. The van der Waals surface area contributed by atoms with Crippen molar-refractivity contribution in [3.63, 3.8) is 0 Å². The normalized spacial score (nSPS) is 11.8. The fourth-order valence-electron chi connectivity index (χ4n) is 3.56. The molecule has 0 aromatic heterocycles. The Morgan fingerprint density at radius 3 is 2.27 bits per heavy atom. The zero-order chi connectivity index (χ0) is 23.3. The number of carbonyl (C=O) groups is 1. The van der Waals surface area contributed by atoms with E-state index in [1.165, 1.54) is 22.5 Å². The van der Waals surface area contributed by atoms with Crippen molar-refractivity contribution in [3.05, 3.63) is 114 Å². The van der Waals surface area contributed by atoms with Crippen LogP contribution in [0.4, 0.5) is 5.69 Å². The minimum absolute atomic E-state index is 0.172. The van der Waals surface area contributed by atoms with Crippen molar-refractivity contribution in [2.45, 2.75) is 11.4 Å². The summed E-state index contributed by atoms with van der Waals surface area (Å²) in [6.07, 6.45) is 3.25. The second-order valence-corrected chi connectivity index (χ2v) is 9.71. The van der Waals surface area contributed by atoms with Gasteiger partial charge in [-0.25, -0.2) is 8.42 Å². The average Bonchev–Trinajstić information content (AvgIpc) is 2.83. The van der Waals surface area contributed by atoms with Crippen LogP contribution in [0.5, 0.6) is 0 Å². The third kappa shape index (κ3) is 5.37. The number of rotatable bonds is 7. The van der Waals surface area contributed by atoms with Crippen LogP contribution in [0.1, 0.15) is 11.1 Å². The Labute approximate surface area is 194 Å². The second-order valence-electron chi connectivity index (χ2n) is 7.66. The topological polar surface area (TPSA) is 66.5 Å². The van der Waals surface area contributed by atoms with Gasteiger partial charge in [-0.3, -0.25) is 4.79 Å². The van der Waals surface area contributed by atoms with E-state index in [1.807, 2.05) is 72.8 Å². The summed E-state index contributed by atoms with van der Waals surface area (Å²) >= 11 is 0. The molecule has 0 bridgehead atoms. The lowest BCUT2D eigenvalue weighted by Gasteiger charge is -2.17. The number of hydrogen-bond donors (Lipinski definition) is 1. The Balaban J connectivity index is 1.42. The molecule has 0 atom stereocenters.